The number of carbonyl (C=O) groups is 2. The second-order valence-electron chi connectivity index (χ2n) is 12.2. The molecule has 3 saturated heterocycles. The molecular formula is C35H42N4O5. The van der Waals surface area contributed by atoms with Crippen molar-refractivity contribution in [1.29, 1.82) is 0 Å². The summed E-state index contributed by atoms with van der Waals surface area (Å²) in [5.74, 6) is 0.117. The molecule has 0 bridgehead atoms. The van der Waals surface area contributed by atoms with E-state index in [0.717, 1.165) is 60.4 Å². The van der Waals surface area contributed by atoms with Gasteiger partial charge in [-0.1, -0.05) is 73.7 Å². The number of likely N-dealkylation sites (tertiary alicyclic amines) is 1. The number of ether oxygens (including phenoxy) is 2. The third-order valence-corrected chi connectivity index (χ3v) is 9.44. The Morgan fingerprint density at radius 2 is 1.61 bits per heavy atom. The molecule has 0 saturated carbocycles. The molecule has 4 atom stereocenters. The fraction of sp³-hybridized carbons (Fsp3) is 0.429. The summed E-state index contributed by atoms with van der Waals surface area (Å²) in [6, 6.07) is 26.1. The number of anilines is 1. The Labute approximate surface area is 259 Å². The van der Waals surface area contributed by atoms with E-state index >= 15 is 0 Å². The molecule has 232 valence electrons. The number of aliphatic hydroxyl groups excluding tert-OH is 1. The van der Waals surface area contributed by atoms with Crippen LogP contribution in [0.15, 0.2) is 78.9 Å². The van der Waals surface area contributed by atoms with Gasteiger partial charge < -0.3 is 35.0 Å². The molecule has 9 heteroatoms. The van der Waals surface area contributed by atoms with Gasteiger partial charge in [0.25, 0.3) is 0 Å². The average molecular weight is 599 g/mol. The molecule has 3 aliphatic heterocycles. The van der Waals surface area contributed by atoms with Gasteiger partial charge in [-0.3, -0.25) is 9.59 Å². The number of piperidine rings is 1. The zero-order chi connectivity index (χ0) is 30.7. The molecule has 3 fully saturated rings. The molecule has 0 unspecified atom stereocenters. The maximum Gasteiger partial charge on any atom is 0.247 e. The van der Waals surface area contributed by atoms with Crippen LogP contribution in [0.1, 0.15) is 61.3 Å². The molecule has 0 aliphatic carbocycles. The Kier molecular flexibility index (Phi) is 9.00. The van der Waals surface area contributed by atoms with E-state index in [9.17, 15) is 14.7 Å². The van der Waals surface area contributed by atoms with E-state index in [1.165, 1.54) is 6.92 Å². The smallest absolute Gasteiger partial charge is 0.247 e. The zero-order valence-corrected chi connectivity index (χ0v) is 25.4. The van der Waals surface area contributed by atoms with Gasteiger partial charge in [-0.2, -0.15) is 0 Å². The number of benzene rings is 3. The minimum absolute atomic E-state index is 0.00325. The maximum absolute atomic E-state index is 13.2. The number of hydrogen-bond donors (Lipinski definition) is 3. The highest BCUT2D eigenvalue weighted by molar-refractivity contribution is 5.93. The first-order valence-corrected chi connectivity index (χ1v) is 15.5. The number of para-hydroxylation sites is 1. The minimum Gasteiger partial charge on any atom is -0.392 e. The number of amides is 2. The van der Waals surface area contributed by atoms with Crippen LogP contribution in [-0.4, -0.2) is 59.8 Å². The monoisotopic (exact) mass is 598 g/mol. The van der Waals surface area contributed by atoms with Crippen molar-refractivity contribution in [2.24, 2.45) is 5.92 Å². The lowest BCUT2D eigenvalue weighted by atomic mass is 9.84. The molecule has 1 spiro atoms. The predicted octanol–water partition coefficient (Wildman–Crippen LogP) is 4.03. The largest absolute Gasteiger partial charge is 0.392 e. The van der Waals surface area contributed by atoms with Crippen LogP contribution in [0.2, 0.25) is 0 Å². The molecule has 2 amide bonds. The molecule has 9 nitrogen and oxygen atoms in total. The first kappa shape index (κ1) is 30.3. The molecule has 3 aliphatic rings. The van der Waals surface area contributed by atoms with E-state index in [1.807, 2.05) is 66.7 Å². The highest BCUT2D eigenvalue weighted by atomic mass is 16.7. The molecule has 3 aromatic rings. The summed E-state index contributed by atoms with van der Waals surface area (Å²) in [5.41, 5.74) is 4.38. The van der Waals surface area contributed by atoms with Crippen molar-refractivity contribution in [3.63, 3.8) is 0 Å². The van der Waals surface area contributed by atoms with Crippen molar-refractivity contribution < 1.29 is 24.2 Å². The summed E-state index contributed by atoms with van der Waals surface area (Å²) in [7, 11) is 0. The van der Waals surface area contributed by atoms with E-state index in [-0.39, 0.29) is 36.5 Å². The van der Waals surface area contributed by atoms with Crippen LogP contribution in [0.4, 0.5) is 5.69 Å². The topological polar surface area (TPSA) is 103 Å². The number of nitrogens with one attached hydrogen (secondary N) is 2. The van der Waals surface area contributed by atoms with Gasteiger partial charge >= 0.3 is 0 Å². The number of carbonyl (C=O) groups excluding carboxylic acids is 2. The first-order chi connectivity index (χ1) is 21.4. The molecule has 0 aromatic heterocycles. The number of hydrogen-bond acceptors (Lipinski definition) is 7. The van der Waals surface area contributed by atoms with E-state index in [4.69, 9.17) is 9.47 Å². The molecule has 0 radical (unpaired) electrons. The zero-order valence-electron chi connectivity index (χ0n) is 25.4. The number of rotatable bonds is 8. The van der Waals surface area contributed by atoms with Gasteiger partial charge in [-0.05, 0) is 41.7 Å². The summed E-state index contributed by atoms with van der Waals surface area (Å²) in [5, 5.41) is 15.5. The second kappa shape index (κ2) is 13.1. The third-order valence-electron chi connectivity index (χ3n) is 9.44. The standard InChI is InChI=1S/C35H42N4O5/c1-24-31(21-38-18-16-35(17-19-38)34(42)37-23-39(35)30-6-4-3-5-7-30)43-33(29-14-8-26(9-15-29)20-36-25(2)41)44-32(24)28-12-10-27(22-40)11-13-28/h3-15,24,31-33,40H,16-23H2,1-2H3,(H,36,41)(H,37,42)/t24-,31+,32+,33+/m1/s1. The molecule has 3 N–H and O–H groups in total. The first-order valence-electron chi connectivity index (χ1n) is 15.5. The van der Waals surface area contributed by atoms with Crippen molar-refractivity contribution >= 4 is 17.5 Å². The summed E-state index contributed by atoms with van der Waals surface area (Å²) in [4.78, 5) is 29.2. The highest BCUT2D eigenvalue weighted by Gasteiger charge is 2.51. The highest BCUT2D eigenvalue weighted by Crippen LogP contribution is 2.43. The summed E-state index contributed by atoms with van der Waals surface area (Å²) in [6.45, 7) is 7.01. The maximum atomic E-state index is 13.2. The molecule has 44 heavy (non-hydrogen) atoms. The lowest BCUT2D eigenvalue weighted by Crippen LogP contribution is -2.57. The van der Waals surface area contributed by atoms with Crippen molar-refractivity contribution in [3.05, 3.63) is 101 Å². The van der Waals surface area contributed by atoms with Crippen LogP contribution >= 0.6 is 0 Å². The van der Waals surface area contributed by atoms with E-state index in [2.05, 4.69) is 39.5 Å². The van der Waals surface area contributed by atoms with Gasteiger partial charge in [0, 0.05) is 50.3 Å². The lowest BCUT2D eigenvalue weighted by Gasteiger charge is -2.46. The van der Waals surface area contributed by atoms with Crippen molar-refractivity contribution in [2.75, 3.05) is 31.2 Å². The Balaban J connectivity index is 1.19. The van der Waals surface area contributed by atoms with Crippen LogP contribution < -0.4 is 15.5 Å². The van der Waals surface area contributed by atoms with Crippen molar-refractivity contribution in [2.45, 2.75) is 63.9 Å². The normalized spacial score (nSPS) is 25.2. The Hall–Kier alpha value is -3.76. The second-order valence-corrected chi connectivity index (χ2v) is 12.2. The van der Waals surface area contributed by atoms with E-state index in [0.29, 0.717) is 13.2 Å². The van der Waals surface area contributed by atoms with Gasteiger partial charge in [-0.15, -0.1) is 0 Å². The fourth-order valence-corrected chi connectivity index (χ4v) is 6.74. The van der Waals surface area contributed by atoms with Crippen LogP contribution in [0.3, 0.4) is 0 Å². The molecule has 3 aromatic carbocycles. The Morgan fingerprint density at radius 1 is 0.955 bits per heavy atom. The van der Waals surface area contributed by atoms with Crippen LogP contribution in [-0.2, 0) is 32.2 Å². The van der Waals surface area contributed by atoms with Gasteiger partial charge in [0.2, 0.25) is 11.8 Å². The quantitative estimate of drug-likeness (QED) is 0.360. The number of aliphatic hydroxyl groups is 1. The van der Waals surface area contributed by atoms with Crippen molar-refractivity contribution in [3.8, 4) is 0 Å². The summed E-state index contributed by atoms with van der Waals surface area (Å²) < 4.78 is 13.3. The van der Waals surface area contributed by atoms with E-state index < -0.39 is 11.8 Å². The Morgan fingerprint density at radius 3 is 2.27 bits per heavy atom. The summed E-state index contributed by atoms with van der Waals surface area (Å²) >= 11 is 0. The van der Waals surface area contributed by atoms with Crippen LogP contribution in [0.25, 0.3) is 0 Å². The average Bonchev–Trinajstić information content (AvgIpc) is 3.37. The molecule has 3 heterocycles. The van der Waals surface area contributed by atoms with E-state index in [1.54, 1.807) is 0 Å². The Bertz CT molecular complexity index is 1420. The van der Waals surface area contributed by atoms with Crippen LogP contribution in [0.5, 0.6) is 0 Å². The van der Waals surface area contributed by atoms with Crippen molar-refractivity contribution in [1.82, 2.24) is 15.5 Å². The third kappa shape index (κ3) is 6.23. The summed E-state index contributed by atoms with van der Waals surface area (Å²) in [6.07, 6.45) is 0.634. The van der Waals surface area contributed by atoms with Gasteiger partial charge in [0.15, 0.2) is 6.29 Å². The molecular weight excluding hydrogens is 556 g/mol. The van der Waals surface area contributed by atoms with Gasteiger partial charge in [0.05, 0.1) is 25.5 Å². The lowest BCUT2D eigenvalue weighted by molar-refractivity contribution is -0.276. The predicted molar refractivity (Wildman–Crippen MR) is 167 cm³/mol. The number of nitrogens with zero attached hydrogens (tertiary/aromatic N) is 2. The van der Waals surface area contributed by atoms with Gasteiger partial charge in [-0.25, -0.2) is 0 Å². The molecule has 6 rings (SSSR count). The minimum atomic E-state index is -0.557. The fourth-order valence-electron chi connectivity index (χ4n) is 6.74. The van der Waals surface area contributed by atoms with Crippen LogP contribution in [0, 0.1) is 5.92 Å². The van der Waals surface area contributed by atoms with Gasteiger partial charge in [0.1, 0.15) is 5.54 Å². The SMILES string of the molecule is CC(=O)NCc1ccc([C@H]2O[C@@H](CN3CCC4(CC3)C(=O)NCN4c3ccccc3)[C@@H](C)[C@@H](c3ccc(CO)cc3)O2)cc1.